The van der Waals surface area contributed by atoms with Crippen LogP contribution in [0.4, 0.5) is 14.9 Å². The lowest BCUT2D eigenvalue weighted by Gasteiger charge is -2.33. The molecule has 0 atom stereocenters. The molecule has 19 heavy (non-hydrogen) atoms. The predicted octanol–water partition coefficient (Wildman–Crippen LogP) is 2.43. The second-order valence-corrected chi connectivity index (χ2v) is 4.70. The Bertz CT molecular complexity index is 415. The zero-order valence-corrected chi connectivity index (χ0v) is 11.2. The minimum atomic E-state index is -0.302. The van der Waals surface area contributed by atoms with Crippen LogP contribution in [0.3, 0.4) is 0 Å². The average Bonchev–Trinajstić information content (AvgIpc) is 2.43. The summed E-state index contributed by atoms with van der Waals surface area (Å²) in [6, 6.07) is 6.01. The molecular formula is C14H20FN3O. The summed E-state index contributed by atoms with van der Waals surface area (Å²) >= 11 is 0. The molecule has 104 valence electrons. The van der Waals surface area contributed by atoms with Crippen LogP contribution in [0.2, 0.25) is 0 Å². The highest BCUT2D eigenvalue weighted by Crippen LogP contribution is 2.15. The Balaban J connectivity index is 1.97. The lowest BCUT2D eigenvalue weighted by atomic mass is 10.1. The number of piperidine rings is 1. The quantitative estimate of drug-likeness (QED) is 0.881. The zero-order chi connectivity index (χ0) is 13.7. The van der Waals surface area contributed by atoms with E-state index in [-0.39, 0.29) is 17.9 Å². The third-order valence-electron chi connectivity index (χ3n) is 3.45. The van der Waals surface area contributed by atoms with Crippen LogP contribution in [0.1, 0.15) is 19.8 Å². The second kappa shape index (κ2) is 6.52. The van der Waals surface area contributed by atoms with Crippen LogP contribution in [0, 0.1) is 5.82 Å². The van der Waals surface area contributed by atoms with E-state index < -0.39 is 0 Å². The van der Waals surface area contributed by atoms with Gasteiger partial charge in [0.1, 0.15) is 5.82 Å². The van der Waals surface area contributed by atoms with E-state index in [0.29, 0.717) is 12.2 Å². The first-order valence-electron chi connectivity index (χ1n) is 6.74. The molecule has 0 spiro atoms. The number of nitrogens with one attached hydrogen (secondary N) is 2. The number of hydrogen-bond donors (Lipinski definition) is 2. The maximum absolute atomic E-state index is 12.8. The SMILES string of the molecule is CCN(C(=O)Nc1ccc(F)cc1)C1CCNCC1. The summed E-state index contributed by atoms with van der Waals surface area (Å²) in [5, 5.41) is 6.11. The molecule has 5 heteroatoms. The summed E-state index contributed by atoms with van der Waals surface area (Å²) in [6.07, 6.45) is 1.95. The summed E-state index contributed by atoms with van der Waals surface area (Å²) < 4.78 is 12.8. The van der Waals surface area contributed by atoms with Gasteiger partial charge in [-0.15, -0.1) is 0 Å². The third kappa shape index (κ3) is 3.67. The number of rotatable bonds is 3. The van der Waals surface area contributed by atoms with Gasteiger partial charge in [0.2, 0.25) is 0 Å². The van der Waals surface area contributed by atoms with Gasteiger partial charge in [0.25, 0.3) is 0 Å². The minimum Gasteiger partial charge on any atom is -0.322 e. The molecule has 0 bridgehead atoms. The van der Waals surface area contributed by atoms with E-state index in [1.165, 1.54) is 12.1 Å². The molecule has 0 unspecified atom stereocenters. The molecule has 0 aromatic heterocycles. The van der Waals surface area contributed by atoms with Gasteiger partial charge in [-0.25, -0.2) is 9.18 Å². The van der Waals surface area contributed by atoms with Crippen molar-refractivity contribution in [3.8, 4) is 0 Å². The standard InChI is InChI=1S/C14H20FN3O/c1-2-18(13-7-9-16-10-8-13)14(19)17-12-5-3-11(15)4-6-12/h3-6,13,16H,2,7-10H2,1H3,(H,17,19). The molecule has 1 aliphatic heterocycles. The van der Waals surface area contributed by atoms with E-state index in [2.05, 4.69) is 10.6 Å². The van der Waals surface area contributed by atoms with Crippen molar-refractivity contribution < 1.29 is 9.18 Å². The fraction of sp³-hybridized carbons (Fsp3) is 0.500. The Morgan fingerprint density at radius 2 is 2.00 bits per heavy atom. The number of halogens is 1. The van der Waals surface area contributed by atoms with Crippen molar-refractivity contribution in [3.63, 3.8) is 0 Å². The highest BCUT2D eigenvalue weighted by molar-refractivity contribution is 5.89. The maximum Gasteiger partial charge on any atom is 0.322 e. The largest absolute Gasteiger partial charge is 0.322 e. The molecule has 1 aromatic carbocycles. The van der Waals surface area contributed by atoms with Crippen LogP contribution in [0.25, 0.3) is 0 Å². The third-order valence-corrected chi connectivity index (χ3v) is 3.45. The Kier molecular flexibility index (Phi) is 4.74. The number of hydrogen-bond acceptors (Lipinski definition) is 2. The van der Waals surface area contributed by atoms with Crippen molar-refractivity contribution >= 4 is 11.7 Å². The van der Waals surface area contributed by atoms with Crippen molar-refractivity contribution in [2.45, 2.75) is 25.8 Å². The molecule has 2 amide bonds. The Morgan fingerprint density at radius 1 is 1.37 bits per heavy atom. The first-order valence-corrected chi connectivity index (χ1v) is 6.74. The second-order valence-electron chi connectivity index (χ2n) is 4.70. The van der Waals surface area contributed by atoms with E-state index in [1.807, 2.05) is 11.8 Å². The highest BCUT2D eigenvalue weighted by Gasteiger charge is 2.23. The van der Waals surface area contributed by atoms with Crippen LogP contribution < -0.4 is 10.6 Å². The lowest BCUT2D eigenvalue weighted by molar-refractivity contribution is 0.175. The Hall–Kier alpha value is -1.62. The fourth-order valence-electron chi connectivity index (χ4n) is 2.41. The molecule has 0 radical (unpaired) electrons. The van der Waals surface area contributed by atoms with E-state index in [4.69, 9.17) is 0 Å². The monoisotopic (exact) mass is 265 g/mol. The first-order chi connectivity index (χ1) is 9.20. The lowest BCUT2D eigenvalue weighted by Crippen LogP contribution is -2.47. The summed E-state index contributed by atoms with van der Waals surface area (Å²) in [5.74, 6) is -0.302. The zero-order valence-electron chi connectivity index (χ0n) is 11.2. The Labute approximate surface area is 113 Å². The van der Waals surface area contributed by atoms with Gasteiger partial charge in [-0.1, -0.05) is 0 Å². The van der Waals surface area contributed by atoms with E-state index in [0.717, 1.165) is 25.9 Å². The smallest absolute Gasteiger partial charge is 0.322 e. The fourth-order valence-corrected chi connectivity index (χ4v) is 2.41. The van der Waals surface area contributed by atoms with Gasteiger partial charge >= 0.3 is 6.03 Å². The molecule has 1 fully saturated rings. The van der Waals surface area contributed by atoms with E-state index >= 15 is 0 Å². The predicted molar refractivity (Wildman–Crippen MR) is 73.7 cm³/mol. The molecule has 1 aromatic rings. The van der Waals surface area contributed by atoms with Gasteiger partial charge in [-0.3, -0.25) is 0 Å². The molecule has 4 nitrogen and oxygen atoms in total. The molecule has 1 saturated heterocycles. The Morgan fingerprint density at radius 3 is 2.58 bits per heavy atom. The number of nitrogens with zero attached hydrogens (tertiary/aromatic N) is 1. The number of urea groups is 1. The number of anilines is 1. The van der Waals surface area contributed by atoms with Crippen molar-refractivity contribution in [3.05, 3.63) is 30.1 Å². The maximum atomic E-state index is 12.8. The molecular weight excluding hydrogens is 245 g/mol. The topological polar surface area (TPSA) is 44.4 Å². The average molecular weight is 265 g/mol. The van der Waals surface area contributed by atoms with Crippen LogP contribution in [0.5, 0.6) is 0 Å². The number of carbonyl (C=O) groups is 1. The van der Waals surface area contributed by atoms with Crippen LogP contribution in [-0.2, 0) is 0 Å². The van der Waals surface area contributed by atoms with Gasteiger partial charge in [0.05, 0.1) is 0 Å². The van der Waals surface area contributed by atoms with E-state index in [9.17, 15) is 9.18 Å². The van der Waals surface area contributed by atoms with Crippen molar-refractivity contribution in [1.82, 2.24) is 10.2 Å². The van der Waals surface area contributed by atoms with Gasteiger partial charge in [-0.05, 0) is 57.1 Å². The van der Waals surface area contributed by atoms with Crippen molar-refractivity contribution in [1.29, 1.82) is 0 Å². The summed E-state index contributed by atoms with van der Waals surface area (Å²) in [7, 11) is 0. The van der Waals surface area contributed by atoms with E-state index in [1.54, 1.807) is 12.1 Å². The molecule has 2 rings (SSSR count). The summed E-state index contributed by atoms with van der Waals surface area (Å²) in [6.45, 7) is 4.56. The van der Waals surface area contributed by atoms with Gasteiger partial charge in [0, 0.05) is 18.3 Å². The van der Waals surface area contributed by atoms with Crippen LogP contribution >= 0.6 is 0 Å². The number of carbonyl (C=O) groups excluding carboxylic acids is 1. The molecule has 0 saturated carbocycles. The van der Waals surface area contributed by atoms with Crippen LogP contribution in [0.15, 0.2) is 24.3 Å². The number of amides is 2. The summed E-state index contributed by atoms with van der Waals surface area (Å²) in [5.41, 5.74) is 0.624. The normalized spacial score (nSPS) is 16.1. The number of benzene rings is 1. The van der Waals surface area contributed by atoms with Gasteiger partial charge < -0.3 is 15.5 Å². The van der Waals surface area contributed by atoms with Crippen LogP contribution in [-0.4, -0.2) is 36.6 Å². The molecule has 1 aliphatic rings. The highest BCUT2D eigenvalue weighted by atomic mass is 19.1. The van der Waals surface area contributed by atoms with Gasteiger partial charge in [-0.2, -0.15) is 0 Å². The summed E-state index contributed by atoms with van der Waals surface area (Å²) in [4.78, 5) is 14.1. The molecule has 0 aliphatic carbocycles. The van der Waals surface area contributed by atoms with Crippen molar-refractivity contribution in [2.24, 2.45) is 0 Å². The van der Waals surface area contributed by atoms with Gasteiger partial charge in [0.15, 0.2) is 0 Å². The minimum absolute atomic E-state index is 0.110. The van der Waals surface area contributed by atoms with Crippen molar-refractivity contribution in [2.75, 3.05) is 25.0 Å². The first kappa shape index (κ1) is 13.8. The molecule has 2 N–H and O–H groups in total. The molecule has 1 heterocycles.